The Morgan fingerprint density at radius 1 is 1.53 bits per heavy atom. The number of benzene rings is 1. The smallest absolute Gasteiger partial charge is 0.346 e. The zero-order valence-corrected chi connectivity index (χ0v) is 11.6. The van der Waals surface area contributed by atoms with Crippen molar-refractivity contribution in [3.63, 3.8) is 0 Å². The van der Waals surface area contributed by atoms with Crippen LogP contribution in [0, 0.1) is 6.92 Å². The van der Waals surface area contributed by atoms with E-state index in [0.29, 0.717) is 11.3 Å². The molecule has 0 saturated carbocycles. The van der Waals surface area contributed by atoms with Gasteiger partial charge in [0.25, 0.3) is 0 Å². The van der Waals surface area contributed by atoms with Crippen molar-refractivity contribution in [2.45, 2.75) is 26.6 Å². The second-order valence-electron chi connectivity index (χ2n) is 3.65. The molecule has 1 unspecified atom stereocenters. The average molecular weight is 303 g/mol. The minimum absolute atomic E-state index is 0.149. The lowest BCUT2D eigenvalue weighted by molar-refractivity contribution is -0.147. The van der Waals surface area contributed by atoms with Crippen LogP contribution in [0.15, 0.2) is 16.6 Å². The molecule has 1 aromatic rings. The molecule has 0 aromatic heterocycles. The van der Waals surface area contributed by atoms with E-state index in [-0.39, 0.29) is 6.61 Å². The van der Waals surface area contributed by atoms with Gasteiger partial charge in [0.2, 0.25) is 0 Å². The van der Waals surface area contributed by atoms with Gasteiger partial charge in [-0.3, -0.25) is 0 Å². The lowest BCUT2D eigenvalue weighted by atomic mass is 10.1. The molecule has 0 aliphatic rings. The van der Waals surface area contributed by atoms with Gasteiger partial charge >= 0.3 is 5.97 Å². The van der Waals surface area contributed by atoms with Crippen molar-refractivity contribution >= 4 is 21.9 Å². The summed E-state index contributed by atoms with van der Waals surface area (Å²) in [7, 11) is 1.31. The summed E-state index contributed by atoms with van der Waals surface area (Å²) in [5.74, 6) is 0.0739. The Kier molecular flexibility index (Phi) is 4.96. The monoisotopic (exact) mass is 302 g/mol. The summed E-state index contributed by atoms with van der Waals surface area (Å²) in [5, 5.41) is 9.26. The van der Waals surface area contributed by atoms with Crippen LogP contribution in [0.5, 0.6) is 5.75 Å². The van der Waals surface area contributed by atoms with Gasteiger partial charge < -0.3 is 14.6 Å². The number of rotatable bonds is 4. The number of carbonyl (C=O) groups is 1. The predicted octanol–water partition coefficient (Wildman–Crippen LogP) is 2.19. The Hall–Kier alpha value is -1.07. The molecular weight excluding hydrogens is 288 g/mol. The molecule has 94 valence electrons. The summed E-state index contributed by atoms with van der Waals surface area (Å²) in [5.41, 5.74) is 1.48. The first kappa shape index (κ1) is 14.0. The van der Waals surface area contributed by atoms with E-state index >= 15 is 0 Å². The summed E-state index contributed by atoms with van der Waals surface area (Å²) in [6.07, 6.45) is -0.704. The SMILES string of the molecule is COC(=O)C(C)Oc1c(C)cc(Br)cc1CO. The molecule has 0 radical (unpaired) electrons. The summed E-state index contributed by atoms with van der Waals surface area (Å²) >= 11 is 3.34. The maximum atomic E-state index is 11.3. The van der Waals surface area contributed by atoms with Crippen LogP contribution in [0.3, 0.4) is 0 Å². The second kappa shape index (κ2) is 6.02. The first-order chi connectivity index (χ1) is 7.99. The maximum Gasteiger partial charge on any atom is 0.346 e. The van der Waals surface area contributed by atoms with E-state index in [0.717, 1.165) is 10.0 Å². The highest BCUT2D eigenvalue weighted by atomic mass is 79.9. The predicted molar refractivity (Wildman–Crippen MR) is 66.9 cm³/mol. The highest BCUT2D eigenvalue weighted by molar-refractivity contribution is 9.10. The molecule has 1 atom stereocenters. The second-order valence-corrected chi connectivity index (χ2v) is 4.57. The Labute approximate surface area is 109 Å². The average Bonchev–Trinajstić information content (AvgIpc) is 2.30. The summed E-state index contributed by atoms with van der Waals surface area (Å²) in [4.78, 5) is 11.3. The molecule has 4 nitrogen and oxygen atoms in total. The maximum absolute atomic E-state index is 11.3. The summed E-state index contributed by atoms with van der Waals surface area (Å²) < 4.78 is 11.0. The van der Waals surface area contributed by atoms with Gasteiger partial charge in [-0.2, -0.15) is 0 Å². The minimum atomic E-state index is -0.704. The normalized spacial score (nSPS) is 12.1. The van der Waals surface area contributed by atoms with Crippen molar-refractivity contribution in [1.29, 1.82) is 0 Å². The van der Waals surface area contributed by atoms with Crippen LogP contribution in [0.2, 0.25) is 0 Å². The van der Waals surface area contributed by atoms with Crippen LogP contribution < -0.4 is 4.74 Å². The molecule has 0 saturated heterocycles. The van der Waals surface area contributed by atoms with Crippen molar-refractivity contribution in [3.8, 4) is 5.75 Å². The molecule has 17 heavy (non-hydrogen) atoms. The third-order valence-electron chi connectivity index (χ3n) is 2.31. The number of aliphatic hydroxyl groups is 1. The van der Waals surface area contributed by atoms with E-state index in [1.165, 1.54) is 7.11 Å². The largest absolute Gasteiger partial charge is 0.478 e. The number of methoxy groups -OCH3 is 1. The van der Waals surface area contributed by atoms with Gasteiger partial charge in [0, 0.05) is 10.0 Å². The van der Waals surface area contributed by atoms with Gasteiger partial charge in [0.15, 0.2) is 6.10 Å². The molecule has 0 bridgehead atoms. The first-order valence-electron chi connectivity index (χ1n) is 5.14. The fourth-order valence-electron chi connectivity index (χ4n) is 1.48. The summed E-state index contributed by atoms with van der Waals surface area (Å²) in [6.45, 7) is 3.31. The first-order valence-corrected chi connectivity index (χ1v) is 5.93. The van der Waals surface area contributed by atoms with E-state index in [4.69, 9.17) is 4.74 Å². The van der Waals surface area contributed by atoms with Crippen LogP contribution in [0.25, 0.3) is 0 Å². The van der Waals surface area contributed by atoms with E-state index in [2.05, 4.69) is 20.7 Å². The lowest BCUT2D eigenvalue weighted by Gasteiger charge is -2.17. The molecule has 0 spiro atoms. The zero-order chi connectivity index (χ0) is 13.0. The van der Waals surface area contributed by atoms with Gasteiger partial charge in [0.1, 0.15) is 5.75 Å². The fraction of sp³-hybridized carbons (Fsp3) is 0.417. The standard InChI is InChI=1S/C12H15BrO4/c1-7-4-10(13)5-9(6-14)11(7)17-8(2)12(15)16-3/h4-5,8,14H,6H2,1-3H3. The van der Waals surface area contributed by atoms with Crippen LogP contribution in [0.1, 0.15) is 18.1 Å². The molecule has 0 aliphatic carbocycles. The number of esters is 1. The number of halogens is 1. The number of hydrogen-bond donors (Lipinski definition) is 1. The van der Waals surface area contributed by atoms with Crippen molar-refractivity contribution in [1.82, 2.24) is 0 Å². The van der Waals surface area contributed by atoms with Crippen molar-refractivity contribution < 1.29 is 19.4 Å². The van der Waals surface area contributed by atoms with Crippen molar-refractivity contribution in [2.24, 2.45) is 0 Å². The number of aryl methyl sites for hydroxylation is 1. The Balaban J connectivity index is 3.01. The highest BCUT2D eigenvalue weighted by Crippen LogP contribution is 2.29. The Morgan fingerprint density at radius 2 is 2.18 bits per heavy atom. The summed E-state index contributed by atoms with van der Waals surface area (Å²) in [6, 6.07) is 3.62. The van der Waals surface area contributed by atoms with Crippen LogP contribution in [-0.2, 0) is 16.1 Å². The molecule has 0 aliphatic heterocycles. The molecule has 0 amide bonds. The Morgan fingerprint density at radius 3 is 2.71 bits per heavy atom. The third-order valence-corrected chi connectivity index (χ3v) is 2.77. The molecule has 0 fully saturated rings. The molecule has 1 rings (SSSR count). The quantitative estimate of drug-likeness (QED) is 0.866. The molecule has 1 aromatic carbocycles. The van der Waals surface area contributed by atoms with Crippen LogP contribution in [-0.4, -0.2) is 24.3 Å². The number of carbonyl (C=O) groups excluding carboxylic acids is 1. The number of hydrogen-bond acceptors (Lipinski definition) is 4. The van der Waals surface area contributed by atoms with Gasteiger partial charge in [-0.05, 0) is 31.5 Å². The van der Waals surface area contributed by atoms with E-state index < -0.39 is 12.1 Å². The van der Waals surface area contributed by atoms with E-state index in [1.807, 2.05) is 13.0 Å². The fourth-order valence-corrected chi connectivity index (χ4v) is 2.10. The topological polar surface area (TPSA) is 55.8 Å². The van der Waals surface area contributed by atoms with E-state index in [1.54, 1.807) is 13.0 Å². The lowest BCUT2D eigenvalue weighted by Crippen LogP contribution is -2.25. The number of ether oxygens (including phenoxy) is 2. The van der Waals surface area contributed by atoms with Crippen molar-refractivity contribution in [3.05, 3.63) is 27.7 Å². The highest BCUT2D eigenvalue weighted by Gasteiger charge is 2.18. The van der Waals surface area contributed by atoms with Gasteiger partial charge in [-0.1, -0.05) is 15.9 Å². The van der Waals surface area contributed by atoms with Crippen molar-refractivity contribution in [2.75, 3.05) is 7.11 Å². The third kappa shape index (κ3) is 3.44. The molecule has 0 heterocycles. The van der Waals surface area contributed by atoms with Gasteiger partial charge in [-0.15, -0.1) is 0 Å². The van der Waals surface area contributed by atoms with Crippen LogP contribution >= 0.6 is 15.9 Å². The minimum Gasteiger partial charge on any atom is -0.478 e. The zero-order valence-electron chi connectivity index (χ0n) is 9.99. The molecular formula is C12H15BrO4. The number of aliphatic hydroxyl groups excluding tert-OH is 1. The van der Waals surface area contributed by atoms with Gasteiger partial charge in [0.05, 0.1) is 13.7 Å². The Bertz CT molecular complexity index is 417. The molecule has 5 heteroatoms. The van der Waals surface area contributed by atoms with Crippen LogP contribution in [0.4, 0.5) is 0 Å². The molecule has 1 N–H and O–H groups in total. The van der Waals surface area contributed by atoms with E-state index in [9.17, 15) is 9.90 Å². The van der Waals surface area contributed by atoms with Gasteiger partial charge in [-0.25, -0.2) is 4.79 Å².